The second kappa shape index (κ2) is 5.14. The highest BCUT2D eigenvalue weighted by Crippen LogP contribution is 2.03. The van der Waals surface area contributed by atoms with Crippen LogP contribution in [0.4, 0.5) is 0 Å². The largest absolute Gasteiger partial charge is 0.311 e. The van der Waals surface area contributed by atoms with E-state index >= 15 is 0 Å². The van der Waals surface area contributed by atoms with E-state index in [0.29, 0.717) is 0 Å². The van der Waals surface area contributed by atoms with Crippen molar-refractivity contribution in [3.05, 3.63) is 27.7 Å². The second-order valence-electron chi connectivity index (χ2n) is 2.75. The molecule has 2 aromatic rings. The van der Waals surface area contributed by atoms with Gasteiger partial charge in [-0.15, -0.1) is 16.4 Å². The average Bonchev–Trinajstić information content (AvgIpc) is 2.86. The molecule has 4 nitrogen and oxygen atoms in total. The predicted octanol–water partition coefficient (Wildman–Crippen LogP) is 1.33. The van der Waals surface area contributed by atoms with Crippen LogP contribution in [-0.2, 0) is 13.0 Å². The summed E-state index contributed by atoms with van der Waals surface area (Å²) in [4.78, 5) is 4.20. The Hall–Kier alpha value is -0.850. The average molecular weight is 226 g/mol. The molecule has 0 radical (unpaired) electrons. The van der Waals surface area contributed by atoms with Gasteiger partial charge in [-0.05, 0) is 11.5 Å². The minimum atomic E-state index is 0.794. The molecule has 0 fully saturated rings. The third-order valence-electron chi connectivity index (χ3n) is 1.71. The third-order valence-corrected chi connectivity index (χ3v) is 3.10. The van der Waals surface area contributed by atoms with Crippen molar-refractivity contribution < 1.29 is 0 Å². The maximum atomic E-state index is 4.20. The van der Waals surface area contributed by atoms with Crippen molar-refractivity contribution >= 4 is 22.9 Å². The van der Waals surface area contributed by atoms with E-state index in [1.807, 2.05) is 17.0 Å². The van der Waals surface area contributed by atoms with Gasteiger partial charge in [-0.3, -0.25) is 0 Å². The second-order valence-corrected chi connectivity index (χ2v) is 4.34. The van der Waals surface area contributed by atoms with Gasteiger partial charge >= 0.3 is 0 Å². The number of thiazole rings is 1. The summed E-state index contributed by atoms with van der Waals surface area (Å²) in [5.74, 6) is 0. The van der Waals surface area contributed by atoms with Crippen molar-refractivity contribution in [3.63, 3.8) is 0 Å². The summed E-state index contributed by atoms with van der Waals surface area (Å²) < 4.78 is 3.79. The molecule has 74 valence electrons. The van der Waals surface area contributed by atoms with E-state index < -0.39 is 0 Å². The summed E-state index contributed by atoms with van der Waals surface area (Å²) in [6, 6.07) is 0. The van der Waals surface area contributed by atoms with Gasteiger partial charge in [0.1, 0.15) is 0 Å². The fourth-order valence-electron chi connectivity index (χ4n) is 1.05. The molecular weight excluding hydrogens is 216 g/mol. The smallest absolute Gasteiger partial charge is 0.0937 e. The first-order chi connectivity index (χ1) is 6.95. The Morgan fingerprint density at radius 2 is 2.43 bits per heavy atom. The molecule has 0 aliphatic rings. The minimum Gasteiger partial charge on any atom is -0.311 e. The first kappa shape index (κ1) is 9.70. The summed E-state index contributed by atoms with van der Waals surface area (Å²) in [5.41, 5.74) is 1.01. The Bertz CT molecular complexity index is 307. The van der Waals surface area contributed by atoms with Crippen molar-refractivity contribution in [1.29, 1.82) is 0 Å². The van der Waals surface area contributed by atoms with Gasteiger partial charge in [-0.1, -0.05) is 4.49 Å². The number of hydrogen-bond acceptors (Lipinski definition) is 6. The molecule has 0 aromatic carbocycles. The van der Waals surface area contributed by atoms with Crippen molar-refractivity contribution in [2.45, 2.75) is 13.0 Å². The van der Waals surface area contributed by atoms with Gasteiger partial charge in [-0.25, -0.2) is 4.98 Å². The highest BCUT2D eigenvalue weighted by Gasteiger charge is 1.97. The zero-order valence-electron chi connectivity index (χ0n) is 7.51. The van der Waals surface area contributed by atoms with Crippen LogP contribution in [0.25, 0.3) is 0 Å². The summed E-state index contributed by atoms with van der Waals surface area (Å²) in [7, 11) is 0. The molecule has 0 saturated carbocycles. The number of nitrogens with zero attached hydrogens (tertiary/aromatic N) is 3. The molecule has 0 bridgehead atoms. The lowest BCUT2D eigenvalue weighted by Gasteiger charge is -1.99. The van der Waals surface area contributed by atoms with E-state index in [-0.39, 0.29) is 0 Å². The normalized spacial score (nSPS) is 10.6. The molecule has 0 saturated heterocycles. The van der Waals surface area contributed by atoms with E-state index in [1.165, 1.54) is 16.5 Å². The van der Waals surface area contributed by atoms with Gasteiger partial charge in [0.05, 0.1) is 10.7 Å². The summed E-state index contributed by atoms with van der Waals surface area (Å²) in [5, 5.41) is 12.4. The molecule has 0 aliphatic carbocycles. The number of rotatable bonds is 5. The van der Waals surface area contributed by atoms with Crippen molar-refractivity contribution in [2.75, 3.05) is 6.54 Å². The third kappa shape index (κ3) is 2.83. The molecule has 6 heteroatoms. The quantitative estimate of drug-likeness (QED) is 0.781. The van der Waals surface area contributed by atoms with Crippen LogP contribution in [0, 0.1) is 0 Å². The first-order valence-electron chi connectivity index (χ1n) is 4.30. The molecule has 14 heavy (non-hydrogen) atoms. The fourth-order valence-corrected chi connectivity index (χ4v) is 2.12. The lowest BCUT2D eigenvalue weighted by molar-refractivity contribution is 0.671. The highest BCUT2D eigenvalue weighted by molar-refractivity contribution is 7.09. The SMILES string of the molecule is c1csc(CCNCc2csnn2)n1. The Balaban J connectivity index is 1.65. The Labute approximate surface area is 90.2 Å². The lowest BCUT2D eigenvalue weighted by atomic mass is 10.4. The summed E-state index contributed by atoms with van der Waals surface area (Å²) >= 11 is 3.08. The van der Waals surface area contributed by atoms with Crippen LogP contribution >= 0.6 is 22.9 Å². The van der Waals surface area contributed by atoms with Crippen LogP contribution in [0.1, 0.15) is 10.7 Å². The van der Waals surface area contributed by atoms with Crippen LogP contribution < -0.4 is 5.32 Å². The van der Waals surface area contributed by atoms with Crippen molar-refractivity contribution in [1.82, 2.24) is 19.9 Å². The first-order valence-corrected chi connectivity index (χ1v) is 6.02. The van der Waals surface area contributed by atoms with Gasteiger partial charge in [0, 0.05) is 36.5 Å². The predicted molar refractivity (Wildman–Crippen MR) is 57.4 cm³/mol. The zero-order valence-corrected chi connectivity index (χ0v) is 9.14. The van der Waals surface area contributed by atoms with E-state index in [4.69, 9.17) is 0 Å². The Morgan fingerprint density at radius 3 is 3.14 bits per heavy atom. The molecule has 0 atom stereocenters. The summed E-state index contributed by atoms with van der Waals surface area (Å²) in [6.45, 7) is 1.73. The molecule has 0 amide bonds. The van der Waals surface area contributed by atoms with Gasteiger partial charge in [0.15, 0.2) is 0 Å². The van der Waals surface area contributed by atoms with Gasteiger partial charge in [0.2, 0.25) is 0 Å². The maximum absolute atomic E-state index is 4.20. The molecule has 0 unspecified atom stereocenters. The molecule has 0 aliphatic heterocycles. The number of nitrogens with one attached hydrogen (secondary N) is 1. The topological polar surface area (TPSA) is 50.7 Å². The number of hydrogen-bond donors (Lipinski definition) is 1. The molecular formula is C8H10N4S2. The van der Waals surface area contributed by atoms with Gasteiger partial charge in [0.25, 0.3) is 0 Å². The molecule has 1 N–H and O–H groups in total. The number of aromatic nitrogens is 3. The standard InChI is InChI=1S/C8H10N4S2/c1(8-10-3-4-13-8)2-9-5-7-6-14-12-11-7/h3-4,6,9H,1-2,5H2. The maximum Gasteiger partial charge on any atom is 0.0937 e. The molecule has 2 rings (SSSR count). The van der Waals surface area contributed by atoms with E-state index in [2.05, 4.69) is 19.9 Å². The van der Waals surface area contributed by atoms with E-state index in [0.717, 1.165) is 25.2 Å². The fraction of sp³-hybridized carbons (Fsp3) is 0.375. The van der Waals surface area contributed by atoms with E-state index in [9.17, 15) is 0 Å². The monoisotopic (exact) mass is 226 g/mol. The Morgan fingerprint density at radius 1 is 1.43 bits per heavy atom. The van der Waals surface area contributed by atoms with Gasteiger partial charge in [-0.2, -0.15) is 0 Å². The highest BCUT2D eigenvalue weighted by atomic mass is 32.1. The van der Waals surface area contributed by atoms with Crippen molar-refractivity contribution in [3.8, 4) is 0 Å². The van der Waals surface area contributed by atoms with Crippen LogP contribution in [-0.4, -0.2) is 21.1 Å². The van der Waals surface area contributed by atoms with Gasteiger partial charge < -0.3 is 5.32 Å². The summed E-state index contributed by atoms with van der Waals surface area (Å²) in [6.07, 6.45) is 2.82. The lowest BCUT2D eigenvalue weighted by Crippen LogP contribution is -2.16. The van der Waals surface area contributed by atoms with Crippen molar-refractivity contribution in [2.24, 2.45) is 0 Å². The Kier molecular flexibility index (Phi) is 3.56. The van der Waals surface area contributed by atoms with Crippen LogP contribution in [0.3, 0.4) is 0 Å². The molecule has 2 heterocycles. The van der Waals surface area contributed by atoms with E-state index in [1.54, 1.807) is 11.3 Å². The molecule has 0 spiro atoms. The van der Waals surface area contributed by atoms with Crippen LogP contribution in [0.5, 0.6) is 0 Å². The zero-order chi connectivity index (χ0) is 9.64. The minimum absolute atomic E-state index is 0.794. The molecule has 2 aromatic heterocycles. The van der Waals surface area contributed by atoms with Crippen LogP contribution in [0.15, 0.2) is 17.0 Å². The van der Waals surface area contributed by atoms with Crippen LogP contribution in [0.2, 0.25) is 0 Å².